The number of nitrogens with zero attached hydrogens (tertiary/aromatic N) is 1. The van der Waals surface area contributed by atoms with Crippen LogP contribution in [0.25, 0.3) is 0 Å². The molecule has 0 aliphatic carbocycles. The summed E-state index contributed by atoms with van der Waals surface area (Å²) in [5.74, 6) is -7.55. The van der Waals surface area contributed by atoms with Crippen LogP contribution in [0.1, 0.15) is 30.9 Å². The van der Waals surface area contributed by atoms with Gasteiger partial charge in [0.05, 0.1) is 28.5 Å². The summed E-state index contributed by atoms with van der Waals surface area (Å²) in [5.41, 5.74) is -0.821. The molecule has 0 amide bonds. The van der Waals surface area contributed by atoms with E-state index in [9.17, 15) is 26.5 Å². The van der Waals surface area contributed by atoms with Gasteiger partial charge in [-0.05, 0) is 44.0 Å². The number of fused-ring (bicyclic) bond motifs is 1. The maximum absolute atomic E-state index is 15.0. The van der Waals surface area contributed by atoms with Crippen molar-refractivity contribution in [2.45, 2.75) is 36.5 Å². The molecule has 34 heavy (non-hydrogen) atoms. The lowest BCUT2D eigenvalue weighted by Gasteiger charge is -2.29. The van der Waals surface area contributed by atoms with Crippen LogP contribution < -0.4 is 9.47 Å². The van der Waals surface area contributed by atoms with Gasteiger partial charge >= 0.3 is 5.79 Å². The van der Waals surface area contributed by atoms with E-state index in [-0.39, 0.29) is 22.4 Å². The van der Waals surface area contributed by atoms with Crippen molar-refractivity contribution in [3.8, 4) is 11.5 Å². The molecule has 2 atom stereocenters. The van der Waals surface area contributed by atoms with E-state index in [1.807, 2.05) is 6.92 Å². The molecule has 5 rings (SSSR count). The molecule has 178 valence electrons. The molecule has 10 heteroatoms. The van der Waals surface area contributed by atoms with Crippen LogP contribution in [-0.2, 0) is 17.1 Å². The second-order valence-corrected chi connectivity index (χ2v) is 9.59. The number of benzene rings is 3. The molecule has 2 aliphatic heterocycles. The van der Waals surface area contributed by atoms with E-state index in [2.05, 4.69) is 0 Å². The summed E-state index contributed by atoms with van der Waals surface area (Å²) in [6.07, 6.45) is 1.63. The zero-order valence-electron chi connectivity index (χ0n) is 17.8. The molecule has 0 bridgehead atoms. The van der Waals surface area contributed by atoms with Gasteiger partial charge in [0.15, 0.2) is 17.3 Å². The Labute approximate surface area is 195 Å². The molecular formula is C24H18F5NO3S. The molecule has 2 aliphatic rings. The SMILES string of the molecule is C[C@@H]1CCCN1[S+]([O-])c1cc2c(cc1F)OC(c1ccc(F)cc1F)(c1ccc(F)cc1F)O2. The number of hydrogen-bond acceptors (Lipinski definition) is 4. The topological polar surface area (TPSA) is 44.8 Å². The third kappa shape index (κ3) is 3.70. The lowest BCUT2D eigenvalue weighted by molar-refractivity contribution is -0.0516. The van der Waals surface area contributed by atoms with Gasteiger partial charge in [0, 0.05) is 30.8 Å². The van der Waals surface area contributed by atoms with Crippen LogP contribution in [0.5, 0.6) is 11.5 Å². The smallest absolute Gasteiger partial charge is 0.311 e. The van der Waals surface area contributed by atoms with Gasteiger partial charge in [0.25, 0.3) is 0 Å². The largest absolute Gasteiger partial charge is 0.593 e. The Hall–Kier alpha value is -2.82. The fourth-order valence-corrected chi connectivity index (χ4v) is 5.71. The monoisotopic (exact) mass is 495 g/mol. The molecule has 3 aromatic carbocycles. The summed E-state index contributed by atoms with van der Waals surface area (Å²) in [5, 5.41) is 0. The summed E-state index contributed by atoms with van der Waals surface area (Å²) >= 11 is -1.85. The maximum atomic E-state index is 15.0. The van der Waals surface area contributed by atoms with E-state index in [1.165, 1.54) is 0 Å². The standard InChI is InChI=1S/C24H18F5NO3S/c1-13-3-2-8-30(13)34(31)23-12-22-21(11-20(23)29)32-24(33-22,16-6-4-14(25)9-18(16)27)17-7-5-15(26)10-19(17)28/h4-7,9-13H,2-3,8H2,1H3/t13-,34?/m1/s1. The van der Waals surface area contributed by atoms with E-state index in [4.69, 9.17) is 9.47 Å². The van der Waals surface area contributed by atoms with Gasteiger partial charge in [-0.25, -0.2) is 22.0 Å². The molecular weight excluding hydrogens is 477 g/mol. The molecule has 0 N–H and O–H groups in total. The number of rotatable bonds is 4. The minimum atomic E-state index is -2.34. The first-order chi connectivity index (χ1) is 16.2. The van der Waals surface area contributed by atoms with Crippen LogP contribution >= 0.6 is 0 Å². The number of ether oxygens (including phenoxy) is 2. The van der Waals surface area contributed by atoms with Crippen molar-refractivity contribution in [1.29, 1.82) is 0 Å². The van der Waals surface area contributed by atoms with Gasteiger partial charge in [0.1, 0.15) is 23.3 Å². The van der Waals surface area contributed by atoms with Crippen molar-refractivity contribution in [3.05, 3.63) is 88.7 Å². The normalized spacial score (nSPS) is 20.0. The summed E-state index contributed by atoms with van der Waals surface area (Å²) in [7, 11) is 0. The Morgan fingerprint density at radius 1 is 0.853 bits per heavy atom. The van der Waals surface area contributed by atoms with Crippen molar-refractivity contribution in [1.82, 2.24) is 4.31 Å². The zero-order valence-corrected chi connectivity index (χ0v) is 18.6. The first-order valence-corrected chi connectivity index (χ1v) is 11.6. The Morgan fingerprint density at radius 2 is 1.41 bits per heavy atom. The van der Waals surface area contributed by atoms with E-state index in [0.29, 0.717) is 18.7 Å². The van der Waals surface area contributed by atoms with Crippen molar-refractivity contribution >= 4 is 11.4 Å². The third-order valence-electron chi connectivity index (χ3n) is 5.97. The second kappa shape index (κ2) is 8.44. The predicted octanol–water partition coefficient (Wildman–Crippen LogP) is 5.56. The highest BCUT2D eigenvalue weighted by Gasteiger charge is 2.50. The molecule has 0 radical (unpaired) electrons. The van der Waals surface area contributed by atoms with Crippen molar-refractivity contribution < 1.29 is 36.0 Å². The van der Waals surface area contributed by atoms with E-state index >= 15 is 0 Å². The quantitative estimate of drug-likeness (QED) is 0.351. The van der Waals surface area contributed by atoms with E-state index in [0.717, 1.165) is 49.2 Å². The summed E-state index contributed by atoms with van der Waals surface area (Å²) in [4.78, 5) is -0.175. The van der Waals surface area contributed by atoms with Gasteiger partial charge in [0.2, 0.25) is 4.90 Å². The minimum Gasteiger partial charge on any atom is -0.593 e. The molecule has 0 saturated carbocycles. The van der Waals surface area contributed by atoms with Crippen LogP contribution in [0, 0.1) is 29.1 Å². The fraction of sp³-hybridized carbons (Fsp3) is 0.250. The van der Waals surface area contributed by atoms with Gasteiger partial charge in [-0.15, -0.1) is 4.31 Å². The van der Waals surface area contributed by atoms with Gasteiger partial charge in [-0.3, -0.25) is 0 Å². The predicted molar refractivity (Wildman–Crippen MR) is 113 cm³/mol. The molecule has 1 fully saturated rings. The summed E-state index contributed by atoms with van der Waals surface area (Å²) in [6.45, 7) is 2.41. The van der Waals surface area contributed by atoms with Crippen molar-refractivity contribution in [2.24, 2.45) is 0 Å². The van der Waals surface area contributed by atoms with Gasteiger partial charge < -0.3 is 14.0 Å². The van der Waals surface area contributed by atoms with Crippen LogP contribution in [0.15, 0.2) is 53.4 Å². The lowest BCUT2D eigenvalue weighted by atomic mass is 9.96. The maximum Gasteiger partial charge on any atom is 0.311 e. The van der Waals surface area contributed by atoms with Gasteiger partial charge in [-0.1, -0.05) is 0 Å². The number of hydrogen-bond donors (Lipinski definition) is 0. The first kappa shape index (κ1) is 22.9. The van der Waals surface area contributed by atoms with Crippen molar-refractivity contribution in [2.75, 3.05) is 6.54 Å². The lowest BCUT2D eigenvalue weighted by Crippen LogP contribution is -2.39. The first-order valence-electron chi connectivity index (χ1n) is 10.5. The van der Waals surface area contributed by atoms with E-state index in [1.54, 1.807) is 4.31 Å². The highest BCUT2D eigenvalue weighted by molar-refractivity contribution is 7.89. The summed E-state index contributed by atoms with van der Waals surface area (Å²) < 4.78 is 98.3. The highest BCUT2D eigenvalue weighted by atomic mass is 32.2. The molecule has 0 spiro atoms. The Kier molecular flexibility index (Phi) is 5.70. The highest BCUT2D eigenvalue weighted by Crippen LogP contribution is 2.50. The van der Waals surface area contributed by atoms with E-state index < -0.39 is 57.4 Å². The Bertz CT molecular complexity index is 1220. The van der Waals surface area contributed by atoms with Crippen molar-refractivity contribution in [3.63, 3.8) is 0 Å². The third-order valence-corrected chi connectivity index (χ3v) is 7.63. The molecule has 2 heterocycles. The Balaban J connectivity index is 1.63. The van der Waals surface area contributed by atoms with Crippen LogP contribution in [0.2, 0.25) is 0 Å². The second-order valence-electron chi connectivity index (χ2n) is 8.18. The Morgan fingerprint density at radius 3 is 1.91 bits per heavy atom. The average Bonchev–Trinajstić information content (AvgIpc) is 3.36. The van der Waals surface area contributed by atoms with Crippen LogP contribution in [0.3, 0.4) is 0 Å². The molecule has 0 aromatic heterocycles. The molecule has 4 nitrogen and oxygen atoms in total. The molecule has 1 saturated heterocycles. The zero-order chi connectivity index (χ0) is 24.2. The minimum absolute atomic E-state index is 0.0219. The van der Waals surface area contributed by atoms with Crippen LogP contribution in [-0.4, -0.2) is 21.4 Å². The van der Waals surface area contributed by atoms with Crippen LogP contribution in [0.4, 0.5) is 22.0 Å². The molecule has 1 unspecified atom stereocenters. The number of halogens is 5. The van der Waals surface area contributed by atoms with Gasteiger partial charge in [-0.2, -0.15) is 0 Å². The summed E-state index contributed by atoms with van der Waals surface area (Å²) in [6, 6.07) is 7.03. The molecule has 3 aromatic rings. The average molecular weight is 495 g/mol. The fourth-order valence-electron chi connectivity index (χ4n) is 4.30.